The fourth-order valence-corrected chi connectivity index (χ4v) is 4.20. The van der Waals surface area contributed by atoms with Gasteiger partial charge < -0.3 is 20.1 Å². The van der Waals surface area contributed by atoms with Crippen molar-refractivity contribution in [2.24, 2.45) is 0 Å². The average molecular weight is 459 g/mol. The second-order valence-electron chi connectivity index (χ2n) is 8.49. The van der Waals surface area contributed by atoms with E-state index in [2.05, 4.69) is 5.32 Å². The molecule has 0 aliphatic carbocycles. The van der Waals surface area contributed by atoms with Crippen LogP contribution in [0, 0.1) is 0 Å². The minimum absolute atomic E-state index is 0.150. The van der Waals surface area contributed by atoms with Gasteiger partial charge in [0.25, 0.3) is 11.8 Å². The molecule has 1 aliphatic heterocycles. The van der Waals surface area contributed by atoms with Crippen LogP contribution < -0.4 is 10.1 Å². The number of benzene rings is 3. The highest BCUT2D eigenvalue weighted by Gasteiger charge is 2.25. The van der Waals surface area contributed by atoms with Crippen LogP contribution in [-0.2, 0) is 11.2 Å². The lowest BCUT2D eigenvalue weighted by molar-refractivity contribution is -0.123. The number of hydrogen-bond acceptors (Lipinski definition) is 4. The van der Waals surface area contributed by atoms with Gasteiger partial charge in [-0.2, -0.15) is 0 Å². The number of hydrogen-bond donors (Lipinski definition) is 2. The molecule has 2 N–H and O–H groups in total. The summed E-state index contributed by atoms with van der Waals surface area (Å²) in [6.07, 6.45) is 0.927. The highest BCUT2D eigenvalue weighted by atomic mass is 16.5. The lowest BCUT2D eigenvalue weighted by atomic mass is 10.1. The quantitative estimate of drug-likeness (QED) is 0.542. The number of aliphatic hydroxyl groups excluding tert-OH is 1. The SMILES string of the molecule is CCc1ccccc1OC(C(=O)Nc1cccc(C(=O)N2CCCC(O)C2)c1)c1ccccc1. The minimum atomic E-state index is -0.856. The Hall–Kier alpha value is -3.64. The Labute approximate surface area is 200 Å². The summed E-state index contributed by atoms with van der Waals surface area (Å²) in [6.45, 7) is 2.99. The standard InChI is InChI=1S/C28H30N2O4/c1-2-20-10-6-7-16-25(20)34-26(21-11-4-3-5-12-21)27(32)29-23-14-8-13-22(18-23)28(33)30-17-9-15-24(31)19-30/h3-8,10-14,16,18,24,26,31H,2,9,15,17,19H2,1H3,(H,29,32). The molecule has 0 radical (unpaired) electrons. The molecule has 0 aromatic heterocycles. The first kappa shape index (κ1) is 23.5. The van der Waals surface area contributed by atoms with E-state index in [0.29, 0.717) is 36.5 Å². The monoisotopic (exact) mass is 458 g/mol. The van der Waals surface area contributed by atoms with E-state index in [1.807, 2.05) is 61.5 Å². The number of amides is 2. The van der Waals surface area contributed by atoms with E-state index in [1.165, 1.54) is 0 Å². The maximum Gasteiger partial charge on any atom is 0.270 e. The van der Waals surface area contributed by atoms with Crippen LogP contribution >= 0.6 is 0 Å². The first-order chi connectivity index (χ1) is 16.5. The van der Waals surface area contributed by atoms with Gasteiger partial charge in [-0.25, -0.2) is 0 Å². The lowest BCUT2D eigenvalue weighted by Gasteiger charge is -2.30. The summed E-state index contributed by atoms with van der Waals surface area (Å²) in [6, 6.07) is 23.9. The molecule has 0 saturated carbocycles. The van der Waals surface area contributed by atoms with Gasteiger partial charge >= 0.3 is 0 Å². The molecule has 6 heteroatoms. The summed E-state index contributed by atoms with van der Waals surface area (Å²) in [5.41, 5.74) is 2.75. The molecular formula is C28H30N2O4. The second-order valence-corrected chi connectivity index (χ2v) is 8.49. The number of rotatable bonds is 7. The average Bonchev–Trinajstić information content (AvgIpc) is 2.87. The van der Waals surface area contributed by atoms with Gasteiger partial charge in [-0.1, -0.05) is 61.5 Å². The number of likely N-dealkylation sites (tertiary alicyclic amines) is 1. The third-order valence-corrected chi connectivity index (χ3v) is 6.00. The molecule has 1 heterocycles. The first-order valence-electron chi connectivity index (χ1n) is 11.7. The first-order valence-corrected chi connectivity index (χ1v) is 11.7. The fourth-order valence-electron chi connectivity index (χ4n) is 4.20. The van der Waals surface area contributed by atoms with Gasteiger partial charge in [-0.05, 0) is 49.1 Å². The highest BCUT2D eigenvalue weighted by Crippen LogP contribution is 2.27. The van der Waals surface area contributed by atoms with Crippen LogP contribution in [0.15, 0.2) is 78.9 Å². The number of para-hydroxylation sites is 1. The molecule has 2 atom stereocenters. The number of aliphatic hydroxyl groups is 1. The number of aryl methyl sites for hydroxylation is 1. The lowest BCUT2D eigenvalue weighted by Crippen LogP contribution is -2.42. The van der Waals surface area contributed by atoms with Crippen molar-refractivity contribution >= 4 is 17.5 Å². The zero-order valence-corrected chi connectivity index (χ0v) is 19.3. The van der Waals surface area contributed by atoms with E-state index in [4.69, 9.17) is 4.74 Å². The van der Waals surface area contributed by atoms with Crippen LogP contribution in [0.1, 0.15) is 47.4 Å². The molecule has 2 unspecified atom stereocenters. The molecule has 0 bridgehead atoms. The van der Waals surface area contributed by atoms with Gasteiger partial charge in [0.1, 0.15) is 5.75 Å². The summed E-state index contributed by atoms with van der Waals surface area (Å²) in [5.74, 6) is 0.194. The van der Waals surface area contributed by atoms with E-state index >= 15 is 0 Å². The normalized spacial score (nSPS) is 16.5. The third-order valence-electron chi connectivity index (χ3n) is 6.00. The second kappa shape index (κ2) is 11.0. The third kappa shape index (κ3) is 5.64. The Bertz CT molecular complexity index is 1130. The molecule has 34 heavy (non-hydrogen) atoms. The van der Waals surface area contributed by atoms with Crippen LogP contribution in [0.4, 0.5) is 5.69 Å². The number of β-amino-alcohol motifs (C(OH)–C–C–N with tert-alkyl or cyclic N) is 1. The summed E-state index contributed by atoms with van der Waals surface area (Å²) in [7, 11) is 0. The van der Waals surface area contributed by atoms with Crippen molar-refractivity contribution in [3.8, 4) is 5.75 Å². The van der Waals surface area contributed by atoms with E-state index in [-0.39, 0.29) is 11.8 Å². The molecule has 3 aromatic carbocycles. The van der Waals surface area contributed by atoms with Crippen LogP contribution in [-0.4, -0.2) is 41.0 Å². The molecular weight excluding hydrogens is 428 g/mol. The smallest absolute Gasteiger partial charge is 0.270 e. The Kier molecular flexibility index (Phi) is 7.60. The van der Waals surface area contributed by atoms with Crippen molar-refractivity contribution in [3.63, 3.8) is 0 Å². The zero-order valence-electron chi connectivity index (χ0n) is 19.3. The van der Waals surface area contributed by atoms with Crippen molar-refractivity contribution in [1.82, 2.24) is 4.90 Å². The van der Waals surface area contributed by atoms with Gasteiger partial charge in [-0.3, -0.25) is 9.59 Å². The molecule has 1 saturated heterocycles. The molecule has 1 aliphatic rings. The summed E-state index contributed by atoms with van der Waals surface area (Å²) < 4.78 is 6.23. The molecule has 176 valence electrons. The predicted molar refractivity (Wildman–Crippen MR) is 132 cm³/mol. The summed E-state index contributed by atoms with van der Waals surface area (Å²) in [5, 5.41) is 12.8. The van der Waals surface area contributed by atoms with Crippen molar-refractivity contribution < 1.29 is 19.4 Å². The topological polar surface area (TPSA) is 78.9 Å². The van der Waals surface area contributed by atoms with Crippen molar-refractivity contribution in [3.05, 3.63) is 95.6 Å². The summed E-state index contributed by atoms with van der Waals surface area (Å²) in [4.78, 5) is 28.0. The van der Waals surface area contributed by atoms with Crippen LogP contribution in [0.5, 0.6) is 5.75 Å². The molecule has 2 amide bonds. The molecule has 6 nitrogen and oxygen atoms in total. The van der Waals surface area contributed by atoms with Gasteiger partial charge in [0, 0.05) is 29.9 Å². The molecule has 0 spiro atoms. The van der Waals surface area contributed by atoms with Crippen LogP contribution in [0.3, 0.4) is 0 Å². The Morgan fingerprint density at radius 1 is 1.06 bits per heavy atom. The number of carbonyl (C=O) groups is 2. The van der Waals surface area contributed by atoms with Crippen LogP contribution in [0.2, 0.25) is 0 Å². The van der Waals surface area contributed by atoms with Crippen molar-refractivity contribution in [2.75, 3.05) is 18.4 Å². The Balaban J connectivity index is 1.55. The number of nitrogens with zero attached hydrogens (tertiary/aromatic N) is 1. The Morgan fingerprint density at radius 2 is 1.82 bits per heavy atom. The number of carbonyl (C=O) groups excluding carboxylic acids is 2. The minimum Gasteiger partial charge on any atom is -0.476 e. The number of nitrogens with one attached hydrogen (secondary N) is 1. The van der Waals surface area contributed by atoms with E-state index in [9.17, 15) is 14.7 Å². The molecule has 1 fully saturated rings. The Morgan fingerprint density at radius 3 is 2.59 bits per heavy atom. The maximum atomic E-state index is 13.4. The van der Waals surface area contributed by atoms with Gasteiger partial charge in [0.2, 0.25) is 6.10 Å². The van der Waals surface area contributed by atoms with Gasteiger partial charge in [0.15, 0.2) is 0 Å². The largest absolute Gasteiger partial charge is 0.476 e. The van der Waals surface area contributed by atoms with E-state index in [0.717, 1.165) is 24.0 Å². The highest BCUT2D eigenvalue weighted by molar-refractivity contribution is 5.98. The predicted octanol–water partition coefficient (Wildman–Crippen LogP) is 4.60. The number of anilines is 1. The molecule has 3 aromatic rings. The van der Waals surface area contributed by atoms with E-state index < -0.39 is 12.2 Å². The van der Waals surface area contributed by atoms with Crippen LogP contribution in [0.25, 0.3) is 0 Å². The van der Waals surface area contributed by atoms with Gasteiger partial charge in [-0.15, -0.1) is 0 Å². The number of piperidine rings is 1. The van der Waals surface area contributed by atoms with Gasteiger partial charge in [0.05, 0.1) is 6.10 Å². The summed E-state index contributed by atoms with van der Waals surface area (Å²) >= 11 is 0. The maximum absolute atomic E-state index is 13.4. The van der Waals surface area contributed by atoms with Crippen molar-refractivity contribution in [2.45, 2.75) is 38.4 Å². The number of ether oxygens (including phenoxy) is 1. The fraction of sp³-hybridized carbons (Fsp3) is 0.286. The zero-order chi connectivity index (χ0) is 23.9. The van der Waals surface area contributed by atoms with Crippen molar-refractivity contribution in [1.29, 1.82) is 0 Å². The van der Waals surface area contributed by atoms with E-state index in [1.54, 1.807) is 29.2 Å². The molecule has 4 rings (SSSR count).